The van der Waals surface area contributed by atoms with Crippen LogP contribution in [0.1, 0.15) is 26.2 Å². The third-order valence-corrected chi connectivity index (χ3v) is 1.02. The van der Waals surface area contributed by atoms with Gasteiger partial charge in [0, 0.05) is 0 Å². The molecule has 0 aromatic carbocycles. The van der Waals surface area contributed by atoms with Gasteiger partial charge in [-0.25, -0.2) is 5.11 Å². The summed E-state index contributed by atoms with van der Waals surface area (Å²) in [5.74, 6) is 0. The summed E-state index contributed by atoms with van der Waals surface area (Å²) < 4.78 is 0. The van der Waals surface area contributed by atoms with Crippen molar-refractivity contribution in [2.75, 3.05) is 0 Å². The van der Waals surface area contributed by atoms with Crippen molar-refractivity contribution in [3.63, 3.8) is 0 Å². The standard InChI is InChI=1S/C7H13O/c1-3-4-5-6-7(2)8/h3,7H,1,4-6H2,2H3. The van der Waals surface area contributed by atoms with E-state index < -0.39 is 6.10 Å². The second-order valence-corrected chi connectivity index (χ2v) is 2.03. The molecule has 0 aromatic rings. The van der Waals surface area contributed by atoms with E-state index in [1.165, 1.54) is 0 Å². The fourth-order valence-electron chi connectivity index (χ4n) is 0.550. The highest BCUT2D eigenvalue weighted by molar-refractivity contribution is 4.65. The van der Waals surface area contributed by atoms with E-state index in [2.05, 4.69) is 6.58 Å². The zero-order valence-electron chi connectivity index (χ0n) is 5.39. The summed E-state index contributed by atoms with van der Waals surface area (Å²) in [6.07, 6.45) is 4.21. The first-order valence-corrected chi connectivity index (χ1v) is 3.04. The number of hydrogen-bond acceptors (Lipinski definition) is 0. The van der Waals surface area contributed by atoms with Crippen molar-refractivity contribution in [3.8, 4) is 0 Å². The highest BCUT2D eigenvalue weighted by Gasteiger charge is 1.93. The Kier molecular flexibility index (Phi) is 4.67. The van der Waals surface area contributed by atoms with Crippen LogP contribution in [0.15, 0.2) is 12.7 Å². The van der Waals surface area contributed by atoms with E-state index >= 15 is 0 Å². The fraction of sp³-hybridized carbons (Fsp3) is 0.714. The molecule has 1 nitrogen and oxygen atoms in total. The first kappa shape index (κ1) is 7.70. The van der Waals surface area contributed by atoms with Crippen LogP contribution >= 0.6 is 0 Å². The van der Waals surface area contributed by atoms with Gasteiger partial charge in [0.05, 0.1) is 6.10 Å². The molecular weight excluding hydrogens is 100 g/mol. The van der Waals surface area contributed by atoms with Crippen LogP contribution in [0.3, 0.4) is 0 Å². The maximum Gasteiger partial charge on any atom is 0.0902 e. The first-order chi connectivity index (χ1) is 3.77. The number of hydrogen-bond donors (Lipinski definition) is 0. The van der Waals surface area contributed by atoms with Gasteiger partial charge in [-0.15, -0.1) is 6.58 Å². The Morgan fingerprint density at radius 3 is 2.75 bits per heavy atom. The Balaban J connectivity index is 2.81. The van der Waals surface area contributed by atoms with Gasteiger partial charge in [-0.3, -0.25) is 0 Å². The van der Waals surface area contributed by atoms with Crippen LogP contribution < -0.4 is 0 Å². The minimum Gasteiger partial charge on any atom is -0.233 e. The van der Waals surface area contributed by atoms with E-state index in [4.69, 9.17) is 0 Å². The Hall–Kier alpha value is -0.300. The maximum absolute atomic E-state index is 10.4. The molecule has 0 bridgehead atoms. The van der Waals surface area contributed by atoms with Crippen LogP contribution in [-0.4, -0.2) is 6.10 Å². The van der Waals surface area contributed by atoms with Crippen molar-refractivity contribution >= 4 is 0 Å². The predicted molar refractivity (Wildman–Crippen MR) is 34.2 cm³/mol. The quantitative estimate of drug-likeness (QED) is 0.393. The highest BCUT2D eigenvalue weighted by Crippen LogP contribution is 1.99. The molecule has 0 aliphatic rings. The summed E-state index contributed by atoms with van der Waals surface area (Å²) in [5.41, 5.74) is 0. The molecule has 0 N–H and O–H groups in total. The van der Waals surface area contributed by atoms with Gasteiger partial charge in [0.1, 0.15) is 0 Å². The van der Waals surface area contributed by atoms with Crippen LogP contribution in [-0.2, 0) is 5.11 Å². The maximum atomic E-state index is 10.4. The van der Waals surface area contributed by atoms with Crippen LogP contribution in [0.4, 0.5) is 0 Å². The van der Waals surface area contributed by atoms with Crippen LogP contribution in [0.5, 0.6) is 0 Å². The molecule has 0 fully saturated rings. The molecule has 0 spiro atoms. The molecule has 1 heteroatoms. The van der Waals surface area contributed by atoms with Crippen molar-refractivity contribution in [1.29, 1.82) is 0 Å². The summed E-state index contributed by atoms with van der Waals surface area (Å²) in [4.78, 5) is 0. The zero-order valence-corrected chi connectivity index (χ0v) is 5.39. The Labute approximate surface area is 51.0 Å². The van der Waals surface area contributed by atoms with Crippen molar-refractivity contribution in [2.45, 2.75) is 32.3 Å². The molecule has 0 aliphatic carbocycles. The molecule has 0 aliphatic heterocycles. The lowest BCUT2D eigenvalue weighted by atomic mass is 10.2. The molecule has 0 rings (SSSR count). The molecule has 47 valence electrons. The van der Waals surface area contributed by atoms with Gasteiger partial charge in [0.2, 0.25) is 0 Å². The molecule has 1 unspecified atom stereocenters. The smallest absolute Gasteiger partial charge is 0.0902 e. The van der Waals surface area contributed by atoms with E-state index in [-0.39, 0.29) is 0 Å². The van der Waals surface area contributed by atoms with E-state index in [0.29, 0.717) is 0 Å². The molecule has 0 saturated carbocycles. The number of allylic oxidation sites excluding steroid dienone is 1. The van der Waals surface area contributed by atoms with Crippen molar-refractivity contribution in [2.24, 2.45) is 0 Å². The van der Waals surface area contributed by atoms with Crippen molar-refractivity contribution in [3.05, 3.63) is 12.7 Å². The van der Waals surface area contributed by atoms with Crippen molar-refractivity contribution < 1.29 is 5.11 Å². The SMILES string of the molecule is C=CCCCC(C)[O]. The summed E-state index contributed by atoms with van der Waals surface area (Å²) in [6, 6.07) is 0. The number of rotatable bonds is 4. The van der Waals surface area contributed by atoms with E-state index in [9.17, 15) is 5.11 Å². The molecule has 0 heterocycles. The summed E-state index contributed by atoms with van der Waals surface area (Å²) in [7, 11) is 0. The van der Waals surface area contributed by atoms with Gasteiger partial charge < -0.3 is 0 Å². The minimum absolute atomic E-state index is 0.394. The normalized spacial score (nSPS) is 13.2. The Morgan fingerprint density at radius 2 is 2.38 bits per heavy atom. The molecule has 0 amide bonds. The summed E-state index contributed by atoms with van der Waals surface area (Å²) >= 11 is 0. The lowest BCUT2D eigenvalue weighted by Gasteiger charge is -1.96. The molecular formula is C7H13O. The molecule has 0 aromatic heterocycles. The van der Waals surface area contributed by atoms with Gasteiger partial charge in [0.25, 0.3) is 0 Å². The highest BCUT2D eigenvalue weighted by atomic mass is 16.3. The average molecular weight is 113 g/mol. The summed E-state index contributed by atoms with van der Waals surface area (Å²) in [6.45, 7) is 5.25. The summed E-state index contributed by atoms with van der Waals surface area (Å²) in [5, 5.41) is 10.4. The van der Waals surface area contributed by atoms with Gasteiger partial charge in [-0.2, -0.15) is 0 Å². The second kappa shape index (κ2) is 4.85. The fourth-order valence-corrected chi connectivity index (χ4v) is 0.550. The predicted octanol–water partition coefficient (Wildman–Crippen LogP) is 2.16. The molecule has 1 radical (unpaired) electrons. The molecule has 1 atom stereocenters. The lowest BCUT2D eigenvalue weighted by Crippen LogP contribution is -1.94. The van der Waals surface area contributed by atoms with Gasteiger partial charge in [-0.1, -0.05) is 6.08 Å². The van der Waals surface area contributed by atoms with E-state index in [1.54, 1.807) is 6.92 Å². The zero-order chi connectivity index (χ0) is 6.41. The monoisotopic (exact) mass is 113 g/mol. The average Bonchev–Trinajstić information content (AvgIpc) is 1.66. The van der Waals surface area contributed by atoms with E-state index in [0.717, 1.165) is 19.3 Å². The van der Waals surface area contributed by atoms with E-state index in [1.807, 2.05) is 6.08 Å². The van der Waals surface area contributed by atoms with Crippen LogP contribution in [0, 0.1) is 0 Å². The molecule has 8 heavy (non-hydrogen) atoms. The Morgan fingerprint density at radius 1 is 1.75 bits per heavy atom. The minimum atomic E-state index is -0.394. The number of unbranched alkanes of at least 4 members (excludes halogenated alkanes) is 1. The largest absolute Gasteiger partial charge is 0.233 e. The molecule has 0 saturated heterocycles. The van der Waals surface area contributed by atoms with Crippen LogP contribution in [0.2, 0.25) is 0 Å². The van der Waals surface area contributed by atoms with Gasteiger partial charge >= 0.3 is 0 Å². The van der Waals surface area contributed by atoms with Gasteiger partial charge in [0.15, 0.2) is 0 Å². The second-order valence-electron chi connectivity index (χ2n) is 2.03. The Bertz CT molecular complexity index is 57.4. The van der Waals surface area contributed by atoms with Gasteiger partial charge in [-0.05, 0) is 26.2 Å². The lowest BCUT2D eigenvalue weighted by molar-refractivity contribution is 0.0960. The first-order valence-electron chi connectivity index (χ1n) is 3.04. The third-order valence-electron chi connectivity index (χ3n) is 1.02. The topological polar surface area (TPSA) is 19.9 Å². The van der Waals surface area contributed by atoms with Crippen LogP contribution in [0.25, 0.3) is 0 Å². The third kappa shape index (κ3) is 5.70. The van der Waals surface area contributed by atoms with Crippen molar-refractivity contribution in [1.82, 2.24) is 0 Å².